The Kier molecular flexibility index (Phi) is 4.89. The van der Waals surface area contributed by atoms with Crippen molar-refractivity contribution in [3.63, 3.8) is 0 Å². The van der Waals surface area contributed by atoms with Crippen molar-refractivity contribution >= 4 is 11.8 Å². The highest BCUT2D eigenvalue weighted by Crippen LogP contribution is 2.70. The minimum absolute atomic E-state index is 0.0805. The van der Waals surface area contributed by atoms with Gasteiger partial charge in [0.15, 0.2) is 23.8 Å². The predicted molar refractivity (Wildman–Crippen MR) is 112 cm³/mol. The van der Waals surface area contributed by atoms with Crippen LogP contribution in [0.1, 0.15) is 67.7 Å². The molecule has 2 saturated heterocycles. The zero-order valence-electron chi connectivity index (χ0n) is 19.7. The third-order valence-electron chi connectivity index (χ3n) is 8.63. The Morgan fingerprint density at radius 3 is 2.48 bits per heavy atom. The number of aliphatic hydroxyl groups excluding tert-OH is 1. The minimum atomic E-state index is -1.45. The quantitative estimate of drug-likeness (QED) is 0.526. The van der Waals surface area contributed by atoms with Crippen molar-refractivity contribution in [3.8, 4) is 0 Å². The van der Waals surface area contributed by atoms with Crippen LogP contribution in [0, 0.1) is 16.7 Å². The molecule has 1 N–H and O–H groups in total. The zero-order valence-corrected chi connectivity index (χ0v) is 19.7. The molecular weight excluding hydrogens is 400 g/mol. The van der Waals surface area contributed by atoms with Gasteiger partial charge < -0.3 is 24.1 Å². The first-order chi connectivity index (χ1) is 14.2. The average molecular weight is 437 g/mol. The van der Waals surface area contributed by atoms with E-state index in [9.17, 15) is 14.7 Å². The number of hydrogen-bond acceptors (Lipinski definition) is 7. The maximum Gasteiger partial charge on any atom is 0.303 e. The fraction of sp³-hybridized carbons (Fsp3) is 0.833. The van der Waals surface area contributed by atoms with Gasteiger partial charge in [0.2, 0.25) is 0 Å². The zero-order chi connectivity index (χ0) is 23.2. The van der Waals surface area contributed by atoms with Crippen molar-refractivity contribution in [2.24, 2.45) is 16.7 Å². The number of aliphatic hydroxyl groups is 1. The fourth-order valence-electron chi connectivity index (χ4n) is 7.64. The summed E-state index contributed by atoms with van der Waals surface area (Å²) < 4.78 is 25.1. The molecule has 2 saturated carbocycles. The van der Waals surface area contributed by atoms with Gasteiger partial charge in [-0.15, -0.1) is 6.58 Å². The summed E-state index contributed by atoms with van der Waals surface area (Å²) in [6.45, 7) is 16.6. The third-order valence-corrected chi connectivity index (χ3v) is 8.63. The second-order valence-corrected chi connectivity index (χ2v) is 11.1. The molecule has 174 valence electrons. The van der Waals surface area contributed by atoms with E-state index in [1.54, 1.807) is 26.8 Å². The van der Waals surface area contributed by atoms with Gasteiger partial charge in [-0.2, -0.15) is 0 Å². The van der Waals surface area contributed by atoms with Crippen molar-refractivity contribution < 1.29 is 33.6 Å². The average Bonchev–Trinajstić information content (AvgIpc) is 2.63. The normalized spacial score (nSPS) is 53.2. The Morgan fingerprint density at radius 2 is 1.90 bits per heavy atom. The van der Waals surface area contributed by atoms with Crippen molar-refractivity contribution in [1.82, 2.24) is 0 Å². The lowest BCUT2D eigenvalue weighted by Crippen LogP contribution is -2.89. The van der Waals surface area contributed by atoms with Crippen LogP contribution in [0.5, 0.6) is 0 Å². The van der Waals surface area contributed by atoms with Crippen LogP contribution in [0.15, 0.2) is 12.7 Å². The van der Waals surface area contributed by atoms with E-state index in [4.69, 9.17) is 18.9 Å². The van der Waals surface area contributed by atoms with E-state index in [0.29, 0.717) is 0 Å². The van der Waals surface area contributed by atoms with Crippen molar-refractivity contribution in [1.29, 1.82) is 0 Å². The maximum atomic E-state index is 14.2. The van der Waals surface area contributed by atoms with Gasteiger partial charge in [0.05, 0.1) is 17.8 Å². The molecule has 0 aromatic carbocycles. The summed E-state index contributed by atoms with van der Waals surface area (Å²) in [5.41, 5.74) is -5.10. The number of Topliss-reactive ketones (excluding diaryl/α,β-unsaturated/α-hetero) is 1. The van der Waals surface area contributed by atoms with E-state index in [1.165, 1.54) is 6.92 Å². The Labute approximate surface area is 184 Å². The van der Waals surface area contributed by atoms with Crippen LogP contribution in [0.3, 0.4) is 0 Å². The number of carbonyl (C=O) groups is 2. The van der Waals surface area contributed by atoms with E-state index in [1.807, 2.05) is 6.92 Å². The second kappa shape index (κ2) is 6.62. The summed E-state index contributed by atoms with van der Waals surface area (Å²) >= 11 is 0. The summed E-state index contributed by atoms with van der Waals surface area (Å²) in [6.07, 6.45) is 0.121. The number of esters is 1. The molecular formula is C24H36O7. The Balaban J connectivity index is 2.04. The maximum absolute atomic E-state index is 14.2. The molecule has 4 fully saturated rings. The van der Waals surface area contributed by atoms with Crippen molar-refractivity contribution in [2.75, 3.05) is 0 Å². The Hall–Kier alpha value is -1.28. The molecule has 0 amide bonds. The van der Waals surface area contributed by atoms with Crippen LogP contribution >= 0.6 is 0 Å². The first-order valence-electron chi connectivity index (χ1n) is 11.2. The smallest absolute Gasteiger partial charge is 0.303 e. The number of ether oxygens (including phenoxy) is 4. The highest BCUT2D eigenvalue weighted by Gasteiger charge is 2.84. The van der Waals surface area contributed by atoms with Crippen LogP contribution in [0.25, 0.3) is 0 Å². The number of carbonyl (C=O) groups excluding carboxylic acids is 2. The molecule has 4 aliphatic rings. The van der Waals surface area contributed by atoms with Crippen molar-refractivity contribution in [3.05, 3.63) is 12.7 Å². The summed E-state index contributed by atoms with van der Waals surface area (Å²) in [7, 11) is 0. The van der Waals surface area contributed by atoms with Gasteiger partial charge in [0.25, 0.3) is 0 Å². The first kappa shape index (κ1) is 22.9. The molecule has 2 aliphatic carbocycles. The molecule has 0 aromatic heterocycles. The molecule has 0 bridgehead atoms. The minimum Gasteiger partial charge on any atom is -0.457 e. The summed E-state index contributed by atoms with van der Waals surface area (Å²) in [5.74, 6) is -1.08. The fourth-order valence-corrected chi connectivity index (χ4v) is 7.64. The highest BCUT2D eigenvalue weighted by atomic mass is 16.7. The molecule has 0 unspecified atom stereocenters. The second-order valence-electron chi connectivity index (χ2n) is 11.1. The first-order valence-corrected chi connectivity index (χ1v) is 11.2. The van der Waals surface area contributed by atoms with Crippen molar-refractivity contribution in [2.45, 2.75) is 109 Å². The monoisotopic (exact) mass is 436 g/mol. The van der Waals surface area contributed by atoms with E-state index >= 15 is 0 Å². The molecule has 7 nitrogen and oxygen atoms in total. The summed E-state index contributed by atoms with van der Waals surface area (Å²) in [5, 5.41) is 11.8. The third kappa shape index (κ3) is 2.66. The van der Waals surface area contributed by atoms with Crippen LogP contribution < -0.4 is 0 Å². The molecule has 31 heavy (non-hydrogen) atoms. The molecule has 4 rings (SSSR count). The van der Waals surface area contributed by atoms with Gasteiger partial charge in [-0.25, -0.2) is 0 Å². The molecule has 0 radical (unpaired) electrons. The lowest BCUT2D eigenvalue weighted by atomic mass is 9.39. The Morgan fingerprint density at radius 1 is 1.26 bits per heavy atom. The molecule has 9 atom stereocenters. The standard InChI is InChI=1S/C24H36O7/c1-9-21(6)12-15(26)24-22(7)16(29-14(3)30-24)10-11-20(4,5)18(22)17(27)19(28-13(2)25)23(24,8)31-21/h9,14,16-19,27H,1,10-12H2,2-8H3/t14-,16-,17-,18-,19-,21-,22-,23+,24-/m0/s1. The van der Waals surface area contributed by atoms with Crippen LogP contribution in [-0.4, -0.2) is 58.3 Å². The van der Waals surface area contributed by atoms with Gasteiger partial charge in [-0.1, -0.05) is 26.8 Å². The molecule has 7 heteroatoms. The summed E-state index contributed by atoms with van der Waals surface area (Å²) in [4.78, 5) is 26.3. The SMILES string of the molecule is C=C[C@@]1(C)CC(=O)[C@@]23O[C@@H](C)O[C@H]4CCC(C)(C)[C@H]([C@H](O)[C@H](OC(C)=O)[C@@]2(C)O1)[C@]43C. The summed E-state index contributed by atoms with van der Waals surface area (Å²) in [6, 6.07) is 0. The van der Waals surface area contributed by atoms with Gasteiger partial charge in [0.1, 0.15) is 5.60 Å². The van der Waals surface area contributed by atoms with Crippen LogP contribution in [0.4, 0.5) is 0 Å². The van der Waals surface area contributed by atoms with Crippen LogP contribution in [0.2, 0.25) is 0 Å². The van der Waals surface area contributed by atoms with Gasteiger partial charge in [-0.05, 0) is 39.0 Å². The van der Waals surface area contributed by atoms with E-state index in [2.05, 4.69) is 20.4 Å². The lowest BCUT2D eigenvalue weighted by Gasteiger charge is -2.74. The van der Waals surface area contributed by atoms with E-state index in [-0.39, 0.29) is 23.7 Å². The largest absolute Gasteiger partial charge is 0.457 e. The highest BCUT2D eigenvalue weighted by molar-refractivity contribution is 5.93. The van der Waals surface area contributed by atoms with Gasteiger partial charge in [-0.3, -0.25) is 9.59 Å². The number of rotatable bonds is 2. The van der Waals surface area contributed by atoms with E-state index in [0.717, 1.165) is 12.8 Å². The van der Waals surface area contributed by atoms with Gasteiger partial charge in [0, 0.05) is 24.7 Å². The number of hydrogen-bond donors (Lipinski definition) is 1. The van der Waals surface area contributed by atoms with Gasteiger partial charge >= 0.3 is 5.97 Å². The van der Waals surface area contributed by atoms with Crippen LogP contribution in [-0.2, 0) is 28.5 Å². The molecule has 1 spiro atoms. The predicted octanol–water partition coefficient (Wildman–Crippen LogP) is 2.93. The molecule has 2 heterocycles. The molecule has 2 aliphatic heterocycles. The number of ketones is 1. The topological polar surface area (TPSA) is 91.3 Å². The van der Waals surface area contributed by atoms with E-state index < -0.39 is 52.6 Å². The lowest BCUT2D eigenvalue weighted by molar-refractivity contribution is -0.438. The Bertz CT molecular complexity index is 823. The molecule has 0 aromatic rings.